The minimum atomic E-state index is -1.49. The first-order valence-corrected chi connectivity index (χ1v) is 7.02. The second-order valence-corrected chi connectivity index (χ2v) is 5.44. The van der Waals surface area contributed by atoms with E-state index in [4.69, 9.17) is 9.47 Å². The van der Waals surface area contributed by atoms with E-state index in [0.29, 0.717) is 0 Å². The molecular weight excluding hydrogens is 320 g/mol. The number of fused-ring (bicyclic) bond motifs is 1. The minimum absolute atomic E-state index is 0.00627. The van der Waals surface area contributed by atoms with Crippen LogP contribution < -0.4 is 9.47 Å². The lowest BCUT2D eigenvalue weighted by Crippen LogP contribution is -2.34. The number of benzene rings is 2. The molecule has 0 amide bonds. The third-order valence-electron chi connectivity index (χ3n) is 3.93. The van der Waals surface area contributed by atoms with Gasteiger partial charge in [-0.25, -0.2) is 0 Å². The zero-order valence-corrected chi connectivity index (χ0v) is 12.5. The summed E-state index contributed by atoms with van der Waals surface area (Å²) in [5, 5.41) is 59.2. The standard InChI is InChI=1S/C16H16O8/c1-23-7-4-8(17)12-11(5-7)24-16(15(22)14(12)21)6-2-9(18)13(20)10(19)3-6/h2-5,14-22H,1H3/t14-,15-,16+/m0/s1. The Morgan fingerprint density at radius 2 is 1.54 bits per heavy atom. The van der Waals surface area contributed by atoms with Crippen LogP contribution in [0, 0.1) is 0 Å². The van der Waals surface area contributed by atoms with Crippen LogP contribution in [0.1, 0.15) is 23.3 Å². The van der Waals surface area contributed by atoms with E-state index in [9.17, 15) is 30.6 Å². The number of phenols is 4. The molecule has 8 heteroatoms. The van der Waals surface area contributed by atoms with Gasteiger partial charge in [0.25, 0.3) is 0 Å². The van der Waals surface area contributed by atoms with Gasteiger partial charge in [-0.3, -0.25) is 0 Å². The van der Waals surface area contributed by atoms with Crippen LogP contribution in [0.2, 0.25) is 0 Å². The molecule has 0 radical (unpaired) electrons. The first-order chi connectivity index (χ1) is 11.3. The first kappa shape index (κ1) is 16.0. The van der Waals surface area contributed by atoms with Crippen LogP contribution in [0.25, 0.3) is 0 Å². The molecule has 0 fully saturated rings. The molecular formula is C16H16O8. The van der Waals surface area contributed by atoms with Crippen molar-refractivity contribution in [3.63, 3.8) is 0 Å². The van der Waals surface area contributed by atoms with E-state index in [1.165, 1.54) is 19.2 Å². The van der Waals surface area contributed by atoms with E-state index in [2.05, 4.69) is 0 Å². The molecule has 0 unspecified atom stereocenters. The van der Waals surface area contributed by atoms with Gasteiger partial charge in [0, 0.05) is 17.7 Å². The summed E-state index contributed by atoms with van der Waals surface area (Å²) in [6, 6.07) is 4.90. The van der Waals surface area contributed by atoms with E-state index in [0.717, 1.165) is 12.1 Å². The second-order valence-electron chi connectivity index (χ2n) is 5.44. The quantitative estimate of drug-likeness (QED) is 0.447. The van der Waals surface area contributed by atoms with Gasteiger partial charge in [-0.05, 0) is 12.1 Å². The Hall–Kier alpha value is -2.84. The molecule has 0 spiro atoms. The normalized spacial score (nSPS) is 22.5. The maximum atomic E-state index is 10.3. The van der Waals surface area contributed by atoms with Gasteiger partial charge in [-0.2, -0.15) is 0 Å². The highest BCUT2D eigenvalue weighted by Gasteiger charge is 2.40. The van der Waals surface area contributed by atoms with Crippen LogP contribution in [0.15, 0.2) is 24.3 Å². The molecule has 1 aliphatic rings. The third-order valence-corrected chi connectivity index (χ3v) is 3.93. The smallest absolute Gasteiger partial charge is 0.200 e. The van der Waals surface area contributed by atoms with E-state index < -0.39 is 35.6 Å². The molecule has 8 nitrogen and oxygen atoms in total. The van der Waals surface area contributed by atoms with E-state index in [1.807, 2.05) is 0 Å². The lowest BCUT2D eigenvalue weighted by atomic mass is 9.91. The predicted molar refractivity (Wildman–Crippen MR) is 80.4 cm³/mol. The number of aliphatic hydroxyl groups is 2. The van der Waals surface area contributed by atoms with Crippen molar-refractivity contribution >= 4 is 0 Å². The third kappa shape index (κ3) is 2.41. The number of hydrogen-bond acceptors (Lipinski definition) is 8. The molecule has 1 aliphatic heterocycles. The first-order valence-electron chi connectivity index (χ1n) is 7.02. The van der Waals surface area contributed by atoms with Crippen LogP contribution in [0.3, 0.4) is 0 Å². The van der Waals surface area contributed by atoms with Gasteiger partial charge < -0.3 is 40.1 Å². The van der Waals surface area contributed by atoms with Crippen molar-refractivity contribution in [1.82, 2.24) is 0 Å². The van der Waals surface area contributed by atoms with Crippen molar-refractivity contribution in [3.8, 4) is 34.5 Å². The van der Waals surface area contributed by atoms with Gasteiger partial charge in [0.05, 0.1) is 12.7 Å². The number of rotatable bonds is 2. The van der Waals surface area contributed by atoms with E-state index >= 15 is 0 Å². The maximum Gasteiger partial charge on any atom is 0.200 e. The summed E-state index contributed by atoms with van der Waals surface area (Å²) in [5.74, 6) is -1.84. The monoisotopic (exact) mass is 336 g/mol. The molecule has 2 aromatic rings. The maximum absolute atomic E-state index is 10.3. The fraction of sp³-hybridized carbons (Fsp3) is 0.250. The highest BCUT2D eigenvalue weighted by atomic mass is 16.5. The Bertz CT molecular complexity index is 765. The Labute approximate surface area is 136 Å². The fourth-order valence-electron chi connectivity index (χ4n) is 2.70. The molecule has 0 aromatic heterocycles. The number of ether oxygens (including phenoxy) is 2. The Morgan fingerprint density at radius 1 is 0.917 bits per heavy atom. The van der Waals surface area contributed by atoms with Crippen LogP contribution in [-0.2, 0) is 0 Å². The topological polar surface area (TPSA) is 140 Å². The van der Waals surface area contributed by atoms with Crippen LogP contribution >= 0.6 is 0 Å². The van der Waals surface area contributed by atoms with Crippen LogP contribution in [0.5, 0.6) is 34.5 Å². The van der Waals surface area contributed by atoms with Gasteiger partial charge in [0.2, 0.25) is 0 Å². The van der Waals surface area contributed by atoms with Gasteiger partial charge in [-0.15, -0.1) is 0 Å². The highest BCUT2D eigenvalue weighted by Crippen LogP contribution is 2.48. The summed E-state index contributed by atoms with van der Waals surface area (Å²) in [7, 11) is 1.39. The molecule has 0 saturated heterocycles. The molecule has 0 saturated carbocycles. The largest absolute Gasteiger partial charge is 0.507 e. The average Bonchev–Trinajstić information content (AvgIpc) is 2.54. The highest BCUT2D eigenvalue weighted by molar-refractivity contribution is 5.55. The summed E-state index contributed by atoms with van der Waals surface area (Å²) in [6.45, 7) is 0. The summed E-state index contributed by atoms with van der Waals surface area (Å²) >= 11 is 0. The lowest BCUT2D eigenvalue weighted by molar-refractivity contribution is -0.0711. The van der Waals surface area contributed by atoms with Crippen LogP contribution in [-0.4, -0.2) is 43.9 Å². The second kappa shape index (κ2) is 5.66. The molecule has 24 heavy (non-hydrogen) atoms. The molecule has 1 heterocycles. The van der Waals surface area contributed by atoms with Gasteiger partial charge in [0.1, 0.15) is 29.5 Å². The number of aromatic hydroxyl groups is 4. The minimum Gasteiger partial charge on any atom is -0.507 e. The zero-order chi connectivity index (χ0) is 17.6. The molecule has 6 N–H and O–H groups in total. The van der Waals surface area contributed by atoms with Gasteiger partial charge in [0.15, 0.2) is 23.4 Å². The lowest BCUT2D eigenvalue weighted by Gasteiger charge is -2.35. The number of methoxy groups -OCH3 is 1. The van der Waals surface area contributed by atoms with Gasteiger partial charge in [-0.1, -0.05) is 0 Å². The summed E-state index contributed by atoms with van der Waals surface area (Å²) in [5.41, 5.74) is 0.133. The molecule has 128 valence electrons. The molecule has 3 atom stereocenters. The Morgan fingerprint density at radius 3 is 2.12 bits per heavy atom. The van der Waals surface area contributed by atoms with Crippen molar-refractivity contribution in [3.05, 3.63) is 35.4 Å². The Kier molecular flexibility index (Phi) is 3.78. The SMILES string of the molecule is COc1cc(O)c2c(c1)O[C@H](c1cc(O)c(O)c(O)c1)[C@@H](O)[C@H]2O. The van der Waals surface area contributed by atoms with Crippen molar-refractivity contribution < 1.29 is 40.1 Å². The van der Waals surface area contributed by atoms with Crippen molar-refractivity contribution in [2.75, 3.05) is 7.11 Å². The molecule has 3 rings (SSSR count). The van der Waals surface area contributed by atoms with Crippen molar-refractivity contribution in [2.45, 2.75) is 18.3 Å². The van der Waals surface area contributed by atoms with Crippen molar-refractivity contribution in [1.29, 1.82) is 0 Å². The van der Waals surface area contributed by atoms with Crippen LogP contribution in [0.4, 0.5) is 0 Å². The van der Waals surface area contributed by atoms with E-state index in [1.54, 1.807) is 0 Å². The van der Waals surface area contributed by atoms with E-state index in [-0.39, 0.29) is 28.4 Å². The summed E-state index contributed by atoms with van der Waals surface area (Å²) in [4.78, 5) is 0. The number of phenolic OH excluding ortho intramolecular Hbond substituents is 4. The summed E-state index contributed by atoms with van der Waals surface area (Å²) < 4.78 is 10.6. The number of aliphatic hydroxyl groups excluding tert-OH is 2. The average molecular weight is 336 g/mol. The zero-order valence-electron chi connectivity index (χ0n) is 12.5. The number of hydrogen-bond donors (Lipinski definition) is 6. The van der Waals surface area contributed by atoms with Gasteiger partial charge >= 0.3 is 0 Å². The molecule has 0 bridgehead atoms. The Balaban J connectivity index is 2.08. The fourth-order valence-corrected chi connectivity index (χ4v) is 2.70. The van der Waals surface area contributed by atoms with Crippen molar-refractivity contribution in [2.24, 2.45) is 0 Å². The molecule has 0 aliphatic carbocycles. The predicted octanol–water partition coefficient (Wildman–Crippen LogP) is 1.05. The molecule has 2 aromatic carbocycles. The summed E-state index contributed by atoms with van der Waals surface area (Å²) in [6.07, 6.45) is -4.11.